The molecule has 1 aliphatic rings. The van der Waals surface area contributed by atoms with Crippen LogP contribution in [-0.2, 0) is 11.2 Å². The monoisotopic (exact) mass is 221 g/mol. The van der Waals surface area contributed by atoms with Gasteiger partial charge < -0.3 is 15.1 Å². The number of rotatable bonds is 3. The third-order valence-corrected chi connectivity index (χ3v) is 2.79. The Morgan fingerprint density at radius 1 is 1.50 bits per heavy atom. The molecule has 0 saturated carbocycles. The van der Waals surface area contributed by atoms with Gasteiger partial charge in [-0.25, -0.2) is 0 Å². The number of carbonyl (C=O) groups is 1. The number of aliphatic hydroxyl groups excluding tert-OH is 1. The van der Waals surface area contributed by atoms with Gasteiger partial charge in [-0.05, 0) is 24.1 Å². The summed E-state index contributed by atoms with van der Waals surface area (Å²) in [5.41, 5.74) is 1.79. The second-order valence-electron chi connectivity index (χ2n) is 4.13. The number of carboxylic acid groups (broad SMARTS) is 1. The van der Waals surface area contributed by atoms with E-state index in [2.05, 4.69) is 4.90 Å². The van der Waals surface area contributed by atoms with Crippen LogP contribution in [0, 0.1) is 0 Å². The standard InChI is InChI=1S/C12H15NO3/c14-11-4-5-13(8-11)10-3-1-2-9(6-10)7-12(15)16/h1-3,6,11,14H,4-5,7-8H2,(H,15,16). The summed E-state index contributed by atoms with van der Waals surface area (Å²) in [6.07, 6.45) is 0.566. The summed E-state index contributed by atoms with van der Waals surface area (Å²) in [7, 11) is 0. The minimum atomic E-state index is -0.821. The first-order valence-corrected chi connectivity index (χ1v) is 5.39. The molecule has 1 aromatic carbocycles. The van der Waals surface area contributed by atoms with Crippen molar-refractivity contribution < 1.29 is 15.0 Å². The predicted molar refractivity (Wildman–Crippen MR) is 60.6 cm³/mol. The van der Waals surface area contributed by atoms with E-state index < -0.39 is 5.97 Å². The van der Waals surface area contributed by atoms with Crippen molar-refractivity contribution in [3.05, 3.63) is 29.8 Å². The smallest absolute Gasteiger partial charge is 0.307 e. The number of hydrogen-bond acceptors (Lipinski definition) is 3. The summed E-state index contributed by atoms with van der Waals surface area (Å²) in [5, 5.41) is 18.2. The molecule has 16 heavy (non-hydrogen) atoms. The van der Waals surface area contributed by atoms with Gasteiger partial charge in [0.25, 0.3) is 0 Å². The van der Waals surface area contributed by atoms with Gasteiger partial charge in [-0.2, -0.15) is 0 Å². The lowest BCUT2D eigenvalue weighted by Gasteiger charge is -2.18. The predicted octanol–water partition coefficient (Wildman–Crippen LogP) is 0.885. The molecule has 1 aromatic rings. The molecule has 0 aliphatic carbocycles. The van der Waals surface area contributed by atoms with Crippen LogP contribution in [0.3, 0.4) is 0 Å². The molecule has 1 fully saturated rings. The summed E-state index contributed by atoms with van der Waals surface area (Å²) in [4.78, 5) is 12.7. The molecule has 1 heterocycles. The molecule has 4 nitrogen and oxygen atoms in total. The number of aliphatic carboxylic acids is 1. The molecule has 0 radical (unpaired) electrons. The van der Waals surface area contributed by atoms with E-state index in [1.54, 1.807) is 0 Å². The van der Waals surface area contributed by atoms with Gasteiger partial charge in [-0.3, -0.25) is 4.79 Å². The van der Waals surface area contributed by atoms with Crippen molar-refractivity contribution >= 4 is 11.7 Å². The molecule has 1 unspecified atom stereocenters. The third kappa shape index (κ3) is 2.52. The quantitative estimate of drug-likeness (QED) is 0.795. The minimum Gasteiger partial charge on any atom is -0.481 e. The molecule has 0 bridgehead atoms. The van der Waals surface area contributed by atoms with Gasteiger partial charge in [0.15, 0.2) is 0 Å². The van der Waals surface area contributed by atoms with Crippen molar-refractivity contribution in [3.8, 4) is 0 Å². The molecule has 0 spiro atoms. The van der Waals surface area contributed by atoms with Crippen molar-refractivity contribution in [1.82, 2.24) is 0 Å². The van der Waals surface area contributed by atoms with E-state index in [4.69, 9.17) is 5.11 Å². The molecule has 1 saturated heterocycles. The first-order valence-electron chi connectivity index (χ1n) is 5.39. The molecular formula is C12H15NO3. The summed E-state index contributed by atoms with van der Waals surface area (Å²) in [6.45, 7) is 1.47. The maximum absolute atomic E-state index is 10.6. The normalized spacial score (nSPS) is 20.1. The van der Waals surface area contributed by atoms with Crippen LogP contribution >= 0.6 is 0 Å². The molecule has 1 atom stereocenters. The lowest BCUT2D eigenvalue weighted by Crippen LogP contribution is -2.21. The number of benzene rings is 1. The van der Waals surface area contributed by atoms with Crippen molar-refractivity contribution in [3.63, 3.8) is 0 Å². The van der Waals surface area contributed by atoms with Crippen LogP contribution in [0.15, 0.2) is 24.3 Å². The average molecular weight is 221 g/mol. The van der Waals surface area contributed by atoms with Crippen molar-refractivity contribution in [2.45, 2.75) is 18.9 Å². The van der Waals surface area contributed by atoms with E-state index >= 15 is 0 Å². The summed E-state index contributed by atoms with van der Waals surface area (Å²) >= 11 is 0. The van der Waals surface area contributed by atoms with Gasteiger partial charge in [0, 0.05) is 18.8 Å². The molecule has 2 rings (SSSR count). The highest BCUT2D eigenvalue weighted by molar-refractivity contribution is 5.70. The average Bonchev–Trinajstić information content (AvgIpc) is 2.64. The van der Waals surface area contributed by atoms with E-state index in [0.29, 0.717) is 6.54 Å². The highest BCUT2D eigenvalue weighted by atomic mass is 16.4. The van der Waals surface area contributed by atoms with Crippen molar-refractivity contribution in [2.24, 2.45) is 0 Å². The summed E-state index contributed by atoms with van der Waals surface area (Å²) in [5.74, 6) is -0.821. The summed E-state index contributed by atoms with van der Waals surface area (Å²) < 4.78 is 0. The van der Waals surface area contributed by atoms with Crippen LogP contribution in [0.25, 0.3) is 0 Å². The van der Waals surface area contributed by atoms with Gasteiger partial charge >= 0.3 is 5.97 Å². The van der Waals surface area contributed by atoms with Gasteiger partial charge in [0.1, 0.15) is 0 Å². The van der Waals surface area contributed by atoms with Crippen molar-refractivity contribution in [2.75, 3.05) is 18.0 Å². The number of aliphatic hydroxyl groups is 1. The van der Waals surface area contributed by atoms with E-state index in [-0.39, 0.29) is 12.5 Å². The molecule has 0 aromatic heterocycles. The topological polar surface area (TPSA) is 60.8 Å². The Balaban J connectivity index is 2.12. The fraction of sp³-hybridized carbons (Fsp3) is 0.417. The maximum atomic E-state index is 10.6. The Kier molecular flexibility index (Phi) is 3.10. The highest BCUT2D eigenvalue weighted by Gasteiger charge is 2.20. The van der Waals surface area contributed by atoms with Gasteiger partial charge in [0.2, 0.25) is 0 Å². The van der Waals surface area contributed by atoms with Crippen LogP contribution in [0.5, 0.6) is 0 Å². The number of β-amino-alcohol motifs (C(OH)–C–C–N with tert-alkyl or cyclic N) is 1. The lowest BCUT2D eigenvalue weighted by molar-refractivity contribution is -0.136. The molecule has 0 amide bonds. The second kappa shape index (κ2) is 4.53. The Labute approximate surface area is 94.1 Å². The van der Waals surface area contributed by atoms with Crippen LogP contribution in [-0.4, -0.2) is 35.4 Å². The van der Waals surface area contributed by atoms with Crippen molar-refractivity contribution in [1.29, 1.82) is 0 Å². The van der Waals surface area contributed by atoms with E-state index in [9.17, 15) is 9.90 Å². The molecule has 2 N–H and O–H groups in total. The van der Waals surface area contributed by atoms with Gasteiger partial charge in [-0.15, -0.1) is 0 Å². The van der Waals surface area contributed by atoms with Crippen LogP contribution in [0.1, 0.15) is 12.0 Å². The number of carboxylic acids is 1. The molecule has 1 aliphatic heterocycles. The Morgan fingerprint density at radius 3 is 2.94 bits per heavy atom. The molecule has 4 heteroatoms. The zero-order valence-corrected chi connectivity index (χ0v) is 8.97. The van der Waals surface area contributed by atoms with E-state index in [0.717, 1.165) is 24.2 Å². The van der Waals surface area contributed by atoms with E-state index in [1.807, 2.05) is 24.3 Å². The number of hydrogen-bond donors (Lipinski definition) is 2. The van der Waals surface area contributed by atoms with Crippen LogP contribution < -0.4 is 4.90 Å². The first kappa shape index (κ1) is 11.0. The zero-order chi connectivity index (χ0) is 11.5. The fourth-order valence-corrected chi connectivity index (χ4v) is 2.01. The van der Waals surface area contributed by atoms with Gasteiger partial charge in [-0.1, -0.05) is 12.1 Å². The third-order valence-electron chi connectivity index (χ3n) is 2.79. The zero-order valence-electron chi connectivity index (χ0n) is 8.97. The Morgan fingerprint density at radius 2 is 2.31 bits per heavy atom. The lowest BCUT2D eigenvalue weighted by atomic mass is 10.1. The largest absolute Gasteiger partial charge is 0.481 e. The maximum Gasteiger partial charge on any atom is 0.307 e. The van der Waals surface area contributed by atoms with Crippen LogP contribution in [0.4, 0.5) is 5.69 Å². The highest BCUT2D eigenvalue weighted by Crippen LogP contribution is 2.21. The minimum absolute atomic E-state index is 0.0459. The van der Waals surface area contributed by atoms with Crippen LogP contribution in [0.2, 0.25) is 0 Å². The fourth-order valence-electron chi connectivity index (χ4n) is 2.01. The number of anilines is 1. The summed E-state index contributed by atoms with van der Waals surface area (Å²) in [6, 6.07) is 7.50. The Bertz CT molecular complexity index is 392. The molecule has 86 valence electrons. The molecular weight excluding hydrogens is 206 g/mol. The SMILES string of the molecule is O=C(O)Cc1cccc(N2CCC(O)C2)c1. The Hall–Kier alpha value is -1.55. The van der Waals surface area contributed by atoms with Gasteiger partial charge in [0.05, 0.1) is 12.5 Å². The first-order chi connectivity index (χ1) is 7.65. The number of nitrogens with zero attached hydrogens (tertiary/aromatic N) is 1. The second-order valence-corrected chi connectivity index (χ2v) is 4.13. The van der Waals surface area contributed by atoms with E-state index in [1.165, 1.54) is 0 Å².